The van der Waals surface area contributed by atoms with Gasteiger partial charge in [0.1, 0.15) is 11.2 Å². The van der Waals surface area contributed by atoms with Crippen molar-refractivity contribution in [2.45, 2.75) is 6.10 Å². The number of aliphatic hydroxyl groups is 1. The van der Waals surface area contributed by atoms with Gasteiger partial charge in [0, 0.05) is 25.6 Å². The van der Waals surface area contributed by atoms with Crippen molar-refractivity contribution in [3.63, 3.8) is 0 Å². The summed E-state index contributed by atoms with van der Waals surface area (Å²) in [6.07, 6.45) is 1.04. The molecule has 1 amide bonds. The first-order valence-corrected chi connectivity index (χ1v) is 7.11. The molecule has 3 heterocycles. The third kappa shape index (κ3) is 2.55. The average molecular weight is 294 g/mol. The van der Waals surface area contributed by atoms with Crippen LogP contribution in [0.2, 0.25) is 0 Å². The first-order chi connectivity index (χ1) is 9.75. The van der Waals surface area contributed by atoms with Gasteiger partial charge in [-0.25, -0.2) is 0 Å². The van der Waals surface area contributed by atoms with Gasteiger partial charge in [0.2, 0.25) is 0 Å². The third-order valence-electron chi connectivity index (χ3n) is 3.28. The number of aromatic nitrogens is 4. The van der Waals surface area contributed by atoms with Crippen LogP contribution in [0.3, 0.4) is 0 Å². The minimum absolute atomic E-state index is 0.0513. The molecule has 1 aliphatic heterocycles. The highest BCUT2D eigenvalue weighted by atomic mass is 32.1. The molecule has 0 radical (unpaired) electrons. The van der Waals surface area contributed by atoms with Crippen LogP contribution in [-0.4, -0.2) is 57.0 Å². The molecule has 1 fully saturated rings. The molecule has 0 saturated carbocycles. The fourth-order valence-electron chi connectivity index (χ4n) is 2.16. The van der Waals surface area contributed by atoms with Gasteiger partial charge < -0.3 is 15.7 Å². The molecular formula is C11H14N6O2S. The number of carbonyl (C=O) groups is 1. The van der Waals surface area contributed by atoms with Crippen LogP contribution in [0, 0.1) is 5.92 Å². The quantitative estimate of drug-likeness (QED) is 0.670. The molecule has 0 bridgehead atoms. The number of β-amino-alcohol motifs (C(OH)–C–C–N with tert-alkyl or cyclic N) is 1. The molecule has 0 aliphatic carbocycles. The standard InChI is InChI=1S/C11H14N6O2S/c18-9-5-12-3-7(9)4-13-11(19)10-8(1-2-20-10)17-6-14-15-16-17/h1-2,6-7,9,12,18H,3-5H2,(H,13,19). The fourth-order valence-corrected chi connectivity index (χ4v) is 2.95. The van der Waals surface area contributed by atoms with Crippen LogP contribution in [-0.2, 0) is 0 Å². The Labute approximate surface area is 118 Å². The van der Waals surface area contributed by atoms with Crippen molar-refractivity contribution in [1.29, 1.82) is 0 Å². The van der Waals surface area contributed by atoms with E-state index in [2.05, 4.69) is 26.2 Å². The SMILES string of the molecule is O=C(NCC1CNCC1O)c1sccc1-n1cnnn1. The molecule has 0 aromatic carbocycles. The zero-order valence-corrected chi connectivity index (χ0v) is 11.4. The van der Waals surface area contributed by atoms with Crippen molar-refractivity contribution in [1.82, 2.24) is 30.8 Å². The van der Waals surface area contributed by atoms with Crippen LogP contribution in [0.5, 0.6) is 0 Å². The van der Waals surface area contributed by atoms with Crippen LogP contribution in [0.15, 0.2) is 17.8 Å². The Balaban J connectivity index is 1.67. The zero-order valence-electron chi connectivity index (χ0n) is 10.6. The summed E-state index contributed by atoms with van der Waals surface area (Å²) in [6.45, 7) is 1.74. The monoisotopic (exact) mass is 294 g/mol. The molecule has 106 valence electrons. The normalized spacial score (nSPS) is 22.1. The summed E-state index contributed by atoms with van der Waals surface area (Å²) in [4.78, 5) is 12.8. The molecule has 3 N–H and O–H groups in total. The van der Waals surface area contributed by atoms with E-state index in [9.17, 15) is 9.90 Å². The number of tetrazole rings is 1. The first-order valence-electron chi connectivity index (χ1n) is 6.23. The lowest BCUT2D eigenvalue weighted by Crippen LogP contribution is -2.34. The topological polar surface area (TPSA) is 105 Å². The number of carbonyl (C=O) groups excluding carboxylic acids is 1. The Morgan fingerprint density at radius 2 is 2.50 bits per heavy atom. The molecule has 2 aromatic rings. The molecular weight excluding hydrogens is 280 g/mol. The molecule has 0 spiro atoms. The van der Waals surface area contributed by atoms with E-state index in [0.717, 1.165) is 0 Å². The Bertz CT molecular complexity index is 584. The van der Waals surface area contributed by atoms with Gasteiger partial charge in [-0.15, -0.1) is 16.4 Å². The van der Waals surface area contributed by atoms with Crippen molar-refractivity contribution in [2.75, 3.05) is 19.6 Å². The summed E-state index contributed by atoms with van der Waals surface area (Å²) < 4.78 is 1.46. The molecule has 8 nitrogen and oxygen atoms in total. The summed E-state index contributed by atoms with van der Waals surface area (Å²) in [6, 6.07) is 1.79. The van der Waals surface area contributed by atoms with E-state index in [-0.39, 0.29) is 11.8 Å². The van der Waals surface area contributed by atoms with Crippen molar-refractivity contribution >= 4 is 17.2 Å². The Morgan fingerprint density at radius 3 is 3.20 bits per heavy atom. The molecule has 2 unspecified atom stereocenters. The van der Waals surface area contributed by atoms with E-state index in [1.807, 2.05) is 5.38 Å². The molecule has 3 rings (SSSR count). The number of nitrogens with one attached hydrogen (secondary N) is 2. The van der Waals surface area contributed by atoms with Gasteiger partial charge in [0.25, 0.3) is 5.91 Å². The highest BCUT2D eigenvalue weighted by molar-refractivity contribution is 7.12. The van der Waals surface area contributed by atoms with Crippen LogP contribution in [0.1, 0.15) is 9.67 Å². The highest BCUT2D eigenvalue weighted by Gasteiger charge is 2.25. The summed E-state index contributed by atoms with van der Waals surface area (Å²) in [5.41, 5.74) is 0.655. The molecule has 2 aromatic heterocycles. The van der Waals surface area contributed by atoms with Crippen molar-refractivity contribution in [2.24, 2.45) is 5.92 Å². The maximum atomic E-state index is 12.2. The summed E-state index contributed by atoms with van der Waals surface area (Å²) in [5.74, 6) is -0.125. The second-order valence-corrected chi connectivity index (χ2v) is 5.50. The second kappa shape index (κ2) is 5.65. The van der Waals surface area contributed by atoms with Crippen LogP contribution in [0.4, 0.5) is 0 Å². The second-order valence-electron chi connectivity index (χ2n) is 4.59. The summed E-state index contributed by atoms with van der Waals surface area (Å²) in [5, 5.41) is 28.4. The molecule has 1 saturated heterocycles. The number of rotatable bonds is 4. The summed E-state index contributed by atoms with van der Waals surface area (Å²) in [7, 11) is 0. The van der Waals surface area contributed by atoms with Crippen LogP contribution < -0.4 is 10.6 Å². The predicted octanol–water partition coefficient (Wildman–Crippen LogP) is -0.966. The van der Waals surface area contributed by atoms with E-state index in [4.69, 9.17) is 0 Å². The van der Waals surface area contributed by atoms with Gasteiger partial charge >= 0.3 is 0 Å². The first kappa shape index (κ1) is 13.2. The maximum Gasteiger partial charge on any atom is 0.263 e. The Hall–Kier alpha value is -1.84. The lowest BCUT2D eigenvalue weighted by Gasteiger charge is -2.14. The van der Waals surface area contributed by atoms with Gasteiger partial charge in [-0.1, -0.05) is 0 Å². The lowest BCUT2D eigenvalue weighted by atomic mass is 10.1. The molecule has 20 heavy (non-hydrogen) atoms. The van der Waals surface area contributed by atoms with Gasteiger partial charge in [-0.3, -0.25) is 4.79 Å². The van der Waals surface area contributed by atoms with Crippen LogP contribution in [0.25, 0.3) is 5.69 Å². The largest absolute Gasteiger partial charge is 0.391 e. The van der Waals surface area contributed by atoms with Gasteiger partial charge in [-0.2, -0.15) is 4.68 Å². The number of aliphatic hydroxyl groups excluding tert-OH is 1. The number of thiophene rings is 1. The van der Waals surface area contributed by atoms with Gasteiger partial charge in [0.05, 0.1) is 11.8 Å². The number of amides is 1. The van der Waals surface area contributed by atoms with E-state index in [1.165, 1.54) is 22.3 Å². The van der Waals surface area contributed by atoms with Gasteiger partial charge in [-0.05, 0) is 21.9 Å². The van der Waals surface area contributed by atoms with Crippen LogP contribution >= 0.6 is 11.3 Å². The zero-order chi connectivity index (χ0) is 13.9. The van der Waals surface area contributed by atoms with E-state index in [1.54, 1.807) is 6.07 Å². The lowest BCUT2D eigenvalue weighted by molar-refractivity contribution is 0.0931. The average Bonchev–Trinajstić information content (AvgIpc) is 3.17. The van der Waals surface area contributed by atoms with E-state index >= 15 is 0 Å². The highest BCUT2D eigenvalue weighted by Crippen LogP contribution is 2.20. The minimum atomic E-state index is -0.405. The molecule has 2 atom stereocenters. The summed E-state index contributed by atoms with van der Waals surface area (Å²) >= 11 is 1.33. The number of hydrogen-bond acceptors (Lipinski definition) is 7. The Kier molecular flexibility index (Phi) is 3.72. The number of nitrogens with zero attached hydrogens (tertiary/aromatic N) is 4. The maximum absolute atomic E-state index is 12.2. The van der Waals surface area contributed by atoms with E-state index < -0.39 is 6.10 Å². The van der Waals surface area contributed by atoms with Gasteiger partial charge in [0.15, 0.2) is 0 Å². The molecule has 1 aliphatic rings. The Morgan fingerprint density at radius 1 is 1.60 bits per heavy atom. The van der Waals surface area contributed by atoms with Crippen molar-refractivity contribution < 1.29 is 9.90 Å². The van der Waals surface area contributed by atoms with Crippen molar-refractivity contribution in [3.8, 4) is 5.69 Å². The fraction of sp³-hybridized carbons (Fsp3) is 0.455. The number of hydrogen-bond donors (Lipinski definition) is 3. The smallest absolute Gasteiger partial charge is 0.263 e. The minimum Gasteiger partial charge on any atom is -0.391 e. The molecule has 9 heteroatoms. The van der Waals surface area contributed by atoms with Crippen molar-refractivity contribution in [3.05, 3.63) is 22.7 Å². The van der Waals surface area contributed by atoms with E-state index in [0.29, 0.717) is 30.2 Å². The predicted molar refractivity (Wildman–Crippen MR) is 71.7 cm³/mol. The third-order valence-corrected chi connectivity index (χ3v) is 4.18.